The zero-order chi connectivity index (χ0) is 14.6. The maximum absolute atomic E-state index is 13.9. The lowest BCUT2D eigenvalue weighted by molar-refractivity contribution is 0.0698. The fraction of sp³-hybridized carbons (Fsp3) is 0.462. The van der Waals surface area contributed by atoms with Gasteiger partial charge in [-0.05, 0) is 37.5 Å². The number of carbonyl (C=O) groups is 1. The summed E-state index contributed by atoms with van der Waals surface area (Å²) in [5, 5.41) is 9.02. The summed E-state index contributed by atoms with van der Waals surface area (Å²) in [5.74, 6) is -0.682. The van der Waals surface area contributed by atoms with E-state index in [0.717, 1.165) is 18.2 Å². The van der Waals surface area contributed by atoms with Gasteiger partial charge in [-0.1, -0.05) is 0 Å². The first-order valence-corrected chi connectivity index (χ1v) is 7.32. The molecule has 0 aromatic heterocycles. The monoisotopic (exact) mass is 286 g/mol. The van der Waals surface area contributed by atoms with E-state index in [-0.39, 0.29) is 23.0 Å². The van der Waals surface area contributed by atoms with Gasteiger partial charge in [0.05, 0.1) is 11.3 Å². The average Bonchev–Trinajstić information content (AvgIpc) is 2.34. The second-order valence-electron chi connectivity index (χ2n) is 4.44. The zero-order valence-electron chi connectivity index (χ0n) is 11.3. The lowest BCUT2D eigenvalue weighted by Crippen LogP contribution is -2.30. The van der Waals surface area contributed by atoms with Crippen molar-refractivity contribution < 1.29 is 14.3 Å². The highest BCUT2D eigenvalue weighted by atomic mass is 32.2. The Hall–Kier alpha value is -1.43. The van der Waals surface area contributed by atoms with Crippen molar-refractivity contribution in [3.05, 3.63) is 23.5 Å². The minimum atomic E-state index is -1.15. The van der Waals surface area contributed by atoms with Gasteiger partial charge >= 0.3 is 5.97 Å². The number of benzene rings is 1. The number of carboxylic acids is 1. The van der Waals surface area contributed by atoms with Gasteiger partial charge in [0.1, 0.15) is 5.82 Å². The predicted octanol–water partition coefficient (Wildman–Crippen LogP) is 2.68. The lowest BCUT2D eigenvalue weighted by atomic mass is 10.1. The van der Waals surface area contributed by atoms with Crippen molar-refractivity contribution in [1.82, 2.24) is 0 Å². The van der Waals surface area contributed by atoms with Gasteiger partial charge < -0.3 is 15.7 Å². The summed E-state index contributed by atoms with van der Waals surface area (Å²) in [7, 11) is 1.76. The van der Waals surface area contributed by atoms with Gasteiger partial charge in [-0.3, -0.25) is 0 Å². The molecule has 0 fully saturated rings. The number of carboxylic acid groups (broad SMARTS) is 1. The summed E-state index contributed by atoms with van der Waals surface area (Å²) in [5.41, 5.74) is 5.64. The molecule has 6 heteroatoms. The molecule has 19 heavy (non-hydrogen) atoms. The first kappa shape index (κ1) is 15.6. The van der Waals surface area contributed by atoms with Gasteiger partial charge in [0.2, 0.25) is 0 Å². The third-order valence-electron chi connectivity index (χ3n) is 3.13. The molecule has 0 spiro atoms. The smallest absolute Gasteiger partial charge is 0.337 e. The van der Waals surface area contributed by atoms with Crippen LogP contribution in [-0.2, 0) is 0 Å². The molecule has 1 aromatic carbocycles. The number of halogens is 1. The Kier molecular flexibility index (Phi) is 5.47. The van der Waals surface area contributed by atoms with Crippen molar-refractivity contribution in [2.75, 3.05) is 29.7 Å². The number of nitrogens with two attached hydrogens (primary N) is 1. The van der Waals surface area contributed by atoms with Crippen LogP contribution in [0.4, 0.5) is 15.8 Å². The number of nitrogen functional groups attached to an aromatic ring is 1. The molecule has 0 aliphatic carbocycles. The van der Waals surface area contributed by atoms with E-state index in [1.165, 1.54) is 6.07 Å². The van der Waals surface area contributed by atoms with Crippen molar-refractivity contribution in [3.8, 4) is 0 Å². The molecule has 0 aliphatic heterocycles. The third kappa shape index (κ3) is 3.76. The SMILES string of the molecule is CSCCC(C)N(C)c1cc(C(=O)O)c(N)cc1F. The van der Waals surface area contributed by atoms with Crippen LogP contribution in [0.15, 0.2) is 12.1 Å². The zero-order valence-corrected chi connectivity index (χ0v) is 12.1. The van der Waals surface area contributed by atoms with Crippen LogP contribution in [0.5, 0.6) is 0 Å². The molecular weight excluding hydrogens is 267 g/mol. The summed E-state index contributed by atoms with van der Waals surface area (Å²) in [6.07, 6.45) is 2.91. The van der Waals surface area contributed by atoms with Crippen molar-refractivity contribution in [2.24, 2.45) is 0 Å². The van der Waals surface area contributed by atoms with Crippen molar-refractivity contribution in [1.29, 1.82) is 0 Å². The molecule has 1 aromatic rings. The van der Waals surface area contributed by atoms with Crippen LogP contribution < -0.4 is 10.6 Å². The number of rotatable bonds is 6. The van der Waals surface area contributed by atoms with E-state index in [1.54, 1.807) is 23.7 Å². The Morgan fingerprint density at radius 2 is 2.21 bits per heavy atom. The van der Waals surface area contributed by atoms with Crippen molar-refractivity contribution >= 4 is 29.1 Å². The van der Waals surface area contributed by atoms with Gasteiger partial charge in [0.15, 0.2) is 0 Å². The Bertz CT molecular complexity index is 468. The highest BCUT2D eigenvalue weighted by molar-refractivity contribution is 7.98. The van der Waals surface area contributed by atoms with Gasteiger partial charge in [-0.2, -0.15) is 11.8 Å². The van der Waals surface area contributed by atoms with Gasteiger partial charge in [0, 0.05) is 18.8 Å². The largest absolute Gasteiger partial charge is 0.478 e. The van der Waals surface area contributed by atoms with Crippen LogP contribution in [-0.4, -0.2) is 36.2 Å². The second kappa shape index (κ2) is 6.65. The molecule has 0 aliphatic rings. The van der Waals surface area contributed by atoms with Crippen molar-refractivity contribution in [2.45, 2.75) is 19.4 Å². The molecule has 0 heterocycles. The number of hydrogen-bond acceptors (Lipinski definition) is 4. The van der Waals surface area contributed by atoms with E-state index in [0.29, 0.717) is 0 Å². The maximum atomic E-state index is 13.9. The quantitative estimate of drug-likeness (QED) is 0.787. The van der Waals surface area contributed by atoms with E-state index in [1.807, 2.05) is 13.2 Å². The second-order valence-corrected chi connectivity index (χ2v) is 5.42. The van der Waals surface area contributed by atoms with E-state index in [2.05, 4.69) is 0 Å². The number of hydrogen-bond donors (Lipinski definition) is 2. The Morgan fingerprint density at radius 3 is 2.74 bits per heavy atom. The van der Waals surface area contributed by atoms with E-state index >= 15 is 0 Å². The third-order valence-corrected chi connectivity index (χ3v) is 3.77. The maximum Gasteiger partial charge on any atom is 0.337 e. The Morgan fingerprint density at radius 1 is 1.58 bits per heavy atom. The fourth-order valence-corrected chi connectivity index (χ4v) is 2.33. The standard InChI is InChI=1S/C13H19FN2O2S/c1-8(4-5-19-3)16(2)12-6-9(13(17)18)11(15)7-10(12)14/h6-8H,4-5,15H2,1-3H3,(H,17,18). The van der Waals surface area contributed by atoms with Gasteiger partial charge in [0.25, 0.3) is 0 Å². The highest BCUT2D eigenvalue weighted by Gasteiger charge is 2.18. The summed E-state index contributed by atoms with van der Waals surface area (Å²) in [4.78, 5) is 12.8. The molecule has 0 amide bonds. The molecule has 1 unspecified atom stereocenters. The fourth-order valence-electron chi connectivity index (χ4n) is 1.75. The Balaban J connectivity index is 3.05. The number of aromatic carboxylic acids is 1. The minimum Gasteiger partial charge on any atom is -0.478 e. The highest BCUT2D eigenvalue weighted by Crippen LogP contribution is 2.27. The van der Waals surface area contributed by atoms with Crippen LogP contribution in [0.2, 0.25) is 0 Å². The average molecular weight is 286 g/mol. The first-order valence-electron chi connectivity index (χ1n) is 5.92. The normalized spacial score (nSPS) is 12.2. The summed E-state index contributed by atoms with van der Waals surface area (Å²) < 4.78 is 13.9. The molecule has 0 saturated carbocycles. The first-order chi connectivity index (χ1) is 8.88. The summed E-state index contributed by atoms with van der Waals surface area (Å²) >= 11 is 1.72. The number of nitrogens with zero attached hydrogens (tertiary/aromatic N) is 1. The van der Waals surface area contributed by atoms with Gasteiger partial charge in [-0.15, -0.1) is 0 Å². The topological polar surface area (TPSA) is 66.6 Å². The van der Waals surface area contributed by atoms with Crippen molar-refractivity contribution in [3.63, 3.8) is 0 Å². The van der Waals surface area contributed by atoms with E-state index in [4.69, 9.17) is 10.8 Å². The van der Waals surface area contributed by atoms with Crippen LogP contribution in [0.25, 0.3) is 0 Å². The summed E-state index contributed by atoms with van der Waals surface area (Å²) in [6.45, 7) is 1.98. The van der Waals surface area contributed by atoms with Crippen LogP contribution >= 0.6 is 11.8 Å². The molecule has 1 rings (SSSR count). The Labute approximate surface area is 116 Å². The number of anilines is 2. The minimum absolute atomic E-state index is 0.0566. The van der Waals surface area contributed by atoms with E-state index in [9.17, 15) is 9.18 Å². The van der Waals surface area contributed by atoms with Gasteiger partial charge in [-0.25, -0.2) is 9.18 Å². The number of thioether (sulfide) groups is 1. The lowest BCUT2D eigenvalue weighted by Gasteiger charge is -2.27. The molecule has 3 N–H and O–H groups in total. The molecule has 1 atom stereocenters. The van der Waals surface area contributed by atoms with Crippen LogP contribution in [0.1, 0.15) is 23.7 Å². The van der Waals surface area contributed by atoms with Crippen LogP contribution in [0, 0.1) is 5.82 Å². The van der Waals surface area contributed by atoms with E-state index < -0.39 is 11.8 Å². The molecule has 0 saturated heterocycles. The molecular formula is C13H19FN2O2S. The molecule has 4 nitrogen and oxygen atoms in total. The molecule has 106 valence electrons. The summed E-state index contributed by atoms with van der Waals surface area (Å²) in [6, 6.07) is 2.48. The molecule has 0 bridgehead atoms. The van der Waals surface area contributed by atoms with Crippen LogP contribution in [0.3, 0.4) is 0 Å². The molecule has 0 radical (unpaired) electrons. The predicted molar refractivity (Wildman–Crippen MR) is 78.6 cm³/mol.